The lowest BCUT2D eigenvalue weighted by molar-refractivity contribution is 0.568. The Labute approximate surface area is 85.5 Å². The predicted octanol–water partition coefficient (Wildman–Crippen LogP) is 1.94. The maximum atomic E-state index is 4.37. The maximum absolute atomic E-state index is 4.37. The molecular formula is C11H19N3. The molecule has 1 saturated carbocycles. The lowest BCUT2D eigenvalue weighted by Gasteiger charge is -2.07. The first-order chi connectivity index (χ1) is 6.90. The molecule has 2 rings (SSSR count). The largest absolute Gasteiger partial charge is 0.334 e. The van der Waals surface area contributed by atoms with Crippen molar-refractivity contribution in [1.82, 2.24) is 14.9 Å². The summed E-state index contributed by atoms with van der Waals surface area (Å²) in [5.74, 6) is 1.19. The number of aromatic nitrogens is 2. The minimum Gasteiger partial charge on any atom is -0.334 e. The third-order valence-corrected chi connectivity index (χ3v) is 2.68. The second kappa shape index (κ2) is 4.60. The minimum absolute atomic E-state index is 0.770. The molecule has 1 N–H and O–H groups in total. The molecule has 1 aliphatic rings. The van der Waals surface area contributed by atoms with Gasteiger partial charge in [-0.05, 0) is 19.3 Å². The zero-order valence-electron chi connectivity index (χ0n) is 8.87. The zero-order valence-corrected chi connectivity index (χ0v) is 8.87. The quantitative estimate of drug-likeness (QED) is 0.748. The van der Waals surface area contributed by atoms with E-state index >= 15 is 0 Å². The van der Waals surface area contributed by atoms with Crippen molar-refractivity contribution in [2.24, 2.45) is 0 Å². The average Bonchev–Trinajstić information content (AvgIpc) is 2.92. The summed E-state index contributed by atoms with van der Waals surface area (Å²) >= 11 is 0. The van der Waals surface area contributed by atoms with Crippen LogP contribution in [0, 0.1) is 0 Å². The zero-order chi connectivity index (χ0) is 9.80. The molecule has 1 heterocycles. The second-order valence-corrected chi connectivity index (χ2v) is 4.05. The Balaban J connectivity index is 1.83. The fourth-order valence-corrected chi connectivity index (χ4v) is 1.56. The lowest BCUT2D eigenvalue weighted by Crippen LogP contribution is -2.18. The van der Waals surface area contributed by atoms with Crippen molar-refractivity contribution < 1.29 is 0 Å². The highest BCUT2D eigenvalue weighted by Gasteiger charge is 2.20. The fraction of sp³-hybridized carbons (Fsp3) is 0.727. The second-order valence-electron chi connectivity index (χ2n) is 4.05. The lowest BCUT2D eigenvalue weighted by atomic mass is 10.3. The summed E-state index contributed by atoms with van der Waals surface area (Å²) in [7, 11) is 0. The molecule has 0 amide bonds. The van der Waals surface area contributed by atoms with E-state index in [1.807, 2.05) is 6.20 Å². The Morgan fingerprint density at radius 1 is 1.57 bits per heavy atom. The van der Waals surface area contributed by atoms with Crippen LogP contribution in [0.3, 0.4) is 0 Å². The van der Waals surface area contributed by atoms with Crippen molar-refractivity contribution in [3.8, 4) is 0 Å². The summed E-state index contributed by atoms with van der Waals surface area (Å²) in [4.78, 5) is 4.37. The Morgan fingerprint density at radius 3 is 3.14 bits per heavy atom. The van der Waals surface area contributed by atoms with E-state index in [2.05, 4.69) is 28.0 Å². The number of unbranched alkanes of at least 4 members (excludes halogenated alkanes) is 1. The van der Waals surface area contributed by atoms with Gasteiger partial charge in [-0.1, -0.05) is 13.3 Å². The summed E-state index contributed by atoms with van der Waals surface area (Å²) < 4.78 is 2.26. The predicted molar refractivity (Wildman–Crippen MR) is 57.0 cm³/mol. The van der Waals surface area contributed by atoms with E-state index in [-0.39, 0.29) is 0 Å². The third-order valence-electron chi connectivity index (χ3n) is 2.68. The molecule has 0 spiro atoms. The van der Waals surface area contributed by atoms with E-state index in [0.717, 1.165) is 19.1 Å². The molecule has 78 valence electrons. The van der Waals surface area contributed by atoms with Gasteiger partial charge in [-0.2, -0.15) is 0 Å². The number of nitrogens with zero attached hydrogens (tertiary/aromatic N) is 2. The van der Waals surface area contributed by atoms with Gasteiger partial charge in [0.2, 0.25) is 0 Å². The van der Waals surface area contributed by atoms with Gasteiger partial charge >= 0.3 is 0 Å². The topological polar surface area (TPSA) is 29.9 Å². The summed E-state index contributed by atoms with van der Waals surface area (Å²) in [6.07, 6.45) is 9.16. The molecule has 0 saturated heterocycles. The van der Waals surface area contributed by atoms with Crippen LogP contribution in [-0.2, 0) is 13.1 Å². The SMILES string of the molecule is CCCCn1ccnc1CNC1CC1. The van der Waals surface area contributed by atoms with Crippen molar-refractivity contribution in [2.75, 3.05) is 0 Å². The first-order valence-corrected chi connectivity index (χ1v) is 5.63. The minimum atomic E-state index is 0.770. The monoisotopic (exact) mass is 193 g/mol. The molecule has 1 aromatic rings. The first-order valence-electron chi connectivity index (χ1n) is 5.63. The molecule has 0 radical (unpaired) electrons. The van der Waals surface area contributed by atoms with Crippen LogP contribution in [0.4, 0.5) is 0 Å². The van der Waals surface area contributed by atoms with Crippen molar-refractivity contribution in [2.45, 2.75) is 51.7 Å². The summed E-state index contributed by atoms with van der Waals surface area (Å²) in [5, 5.41) is 3.49. The van der Waals surface area contributed by atoms with Crippen LogP contribution in [0.25, 0.3) is 0 Å². The van der Waals surface area contributed by atoms with E-state index in [1.54, 1.807) is 0 Å². The molecule has 1 aromatic heterocycles. The molecule has 0 atom stereocenters. The van der Waals surface area contributed by atoms with E-state index in [9.17, 15) is 0 Å². The number of nitrogens with one attached hydrogen (secondary N) is 1. The van der Waals surface area contributed by atoms with Crippen LogP contribution in [-0.4, -0.2) is 15.6 Å². The van der Waals surface area contributed by atoms with E-state index in [4.69, 9.17) is 0 Å². The van der Waals surface area contributed by atoms with Gasteiger partial charge in [0.15, 0.2) is 0 Å². The van der Waals surface area contributed by atoms with Gasteiger partial charge in [0.05, 0.1) is 6.54 Å². The van der Waals surface area contributed by atoms with Gasteiger partial charge in [0.1, 0.15) is 5.82 Å². The molecule has 0 aromatic carbocycles. The molecular weight excluding hydrogens is 174 g/mol. The number of rotatable bonds is 6. The summed E-state index contributed by atoms with van der Waals surface area (Å²) in [6, 6.07) is 0.770. The van der Waals surface area contributed by atoms with Gasteiger partial charge < -0.3 is 9.88 Å². The average molecular weight is 193 g/mol. The van der Waals surface area contributed by atoms with Crippen molar-refractivity contribution >= 4 is 0 Å². The van der Waals surface area contributed by atoms with Gasteiger partial charge in [-0.25, -0.2) is 4.98 Å². The molecule has 1 aliphatic carbocycles. The molecule has 14 heavy (non-hydrogen) atoms. The van der Waals surface area contributed by atoms with Crippen LogP contribution in [0.5, 0.6) is 0 Å². The van der Waals surface area contributed by atoms with Gasteiger partial charge in [0, 0.05) is 25.0 Å². The smallest absolute Gasteiger partial charge is 0.122 e. The number of hydrogen-bond donors (Lipinski definition) is 1. The standard InChI is InChI=1S/C11H19N3/c1-2-3-7-14-8-6-12-11(14)9-13-10-4-5-10/h6,8,10,13H,2-5,7,9H2,1H3. The number of hydrogen-bond acceptors (Lipinski definition) is 2. The number of imidazole rings is 1. The molecule has 0 bridgehead atoms. The van der Waals surface area contributed by atoms with Gasteiger partial charge in [-0.3, -0.25) is 0 Å². The van der Waals surface area contributed by atoms with Crippen LogP contribution in [0.1, 0.15) is 38.4 Å². The maximum Gasteiger partial charge on any atom is 0.122 e. The number of aryl methyl sites for hydroxylation is 1. The van der Waals surface area contributed by atoms with E-state index < -0.39 is 0 Å². The molecule has 0 aliphatic heterocycles. The highest BCUT2D eigenvalue weighted by molar-refractivity contribution is 4.94. The third kappa shape index (κ3) is 2.58. The highest BCUT2D eigenvalue weighted by Crippen LogP contribution is 2.19. The molecule has 3 nitrogen and oxygen atoms in total. The Morgan fingerprint density at radius 2 is 2.43 bits per heavy atom. The normalized spacial score (nSPS) is 16.1. The van der Waals surface area contributed by atoms with Crippen LogP contribution < -0.4 is 5.32 Å². The van der Waals surface area contributed by atoms with Gasteiger partial charge in [-0.15, -0.1) is 0 Å². The first kappa shape index (κ1) is 9.71. The summed E-state index contributed by atoms with van der Waals surface area (Å²) in [5.41, 5.74) is 0. The summed E-state index contributed by atoms with van der Waals surface area (Å²) in [6.45, 7) is 4.26. The van der Waals surface area contributed by atoms with Crippen molar-refractivity contribution in [3.63, 3.8) is 0 Å². The van der Waals surface area contributed by atoms with Crippen LogP contribution in [0.2, 0.25) is 0 Å². The Kier molecular flexibility index (Phi) is 3.19. The van der Waals surface area contributed by atoms with E-state index in [1.165, 1.54) is 31.5 Å². The van der Waals surface area contributed by atoms with Crippen LogP contribution >= 0.6 is 0 Å². The van der Waals surface area contributed by atoms with Crippen molar-refractivity contribution in [3.05, 3.63) is 18.2 Å². The molecule has 3 heteroatoms. The van der Waals surface area contributed by atoms with Gasteiger partial charge in [0.25, 0.3) is 0 Å². The van der Waals surface area contributed by atoms with E-state index in [0.29, 0.717) is 0 Å². The highest BCUT2D eigenvalue weighted by atomic mass is 15.1. The van der Waals surface area contributed by atoms with Crippen molar-refractivity contribution in [1.29, 1.82) is 0 Å². The molecule has 0 unspecified atom stereocenters. The Bertz CT molecular complexity index is 276. The fourth-order valence-electron chi connectivity index (χ4n) is 1.56. The molecule has 1 fully saturated rings. The van der Waals surface area contributed by atoms with Crippen LogP contribution in [0.15, 0.2) is 12.4 Å². The Hall–Kier alpha value is -0.830.